The minimum atomic E-state index is 0.689. The highest BCUT2D eigenvalue weighted by molar-refractivity contribution is 6.32. The summed E-state index contributed by atoms with van der Waals surface area (Å²) in [5.74, 6) is 0.689. The molecule has 13 heavy (non-hydrogen) atoms. The Morgan fingerprint density at radius 3 is 2.23 bits per heavy atom. The van der Waals surface area contributed by atoms with E-state index in [1.165, 1.54) is 18.5 Å². The van der Waals surface area contributed by atoms with E-state index < -0.39 is 0 Å². The summed E-state index contributed by atoms with van der Waals surface area (Å²) >= 11 is 6.07. The molecule has 0 amide bonds. The average molecular weight is 201 g/mol. The fourth-order valence-electron chi connectivity index (χ4n) is 1.45. The van der Waals surface area contributed by atoms with Gasteiger partial charge in [-0.05, 0) is 19.8 Å². The van der Waals surface area contributed by atoms with Crippen LogP contribution in [0.15, 0.2) is 0 Å². The van der Waals surface area contributed by atoms with Gasteiger partial charge in [0.1, 0.15) is 0 Å². The molecular formula is C10H17ClN2. The number of hydrogen-bond donors (Lipinski definition) is 0. The van der Waals surface area contributed by atoms with E-state index in [1.807, 2.05) is 32.5 Å². The summed E-state index contributed by atoms with van der Waals surface area (Å²) in [5, 5.41) is 5.13. The molecule has 0 unspecified atom stereocenters. The highest BCUT2D eigenvalue weighted by Gasteiger charge is 2.29. The quantitative estimate of drug-likeness (QED) is 0.681. The fourth-order valence-corrected chi connectivity index (χ4v) is 1.76. The maximum Gasteiger partial charge on any atom is 0.0849 e. The van der Waals surface area contributed by atoms with Crippen molar-refractivity contribution in [3.63, 3.8) is 0 Å². The van der Waals surface area contributed by atoms with E-state index in [9.17, 15) is 0 Å². The average Bonchev–Trinajstić information content (AvgIpc) is 2.88. The Morgan fingerprint density at radius 1 is 1.38 bits per heavy atom. The molecule has 0 saturated heterocycles. The molecule has 1 fully saturated rings. The Hall–Kier alpha value is -0.500. The van der Waals surface area contributed by atoms with E-state index in [0.717, 1.165) is 10.7 Å². The van der Waals surface area contributed by atoms with E-state index >= 15 is 0 Å². The van der Waals surface area contributed by atoms with E-state index in [0.29, 0.717) is 5.92 Å². The first kappa shape index (κ1) is 10.6. The SMILES string of the molecule is CC.Cc1nn(C)c(C2CC2)c1Cl. The van der Waals surface area contributed by atoms with Crippen LogP contribution in [0.25, 0.3) is 0 Å². The molecule has 0 aromatic carbocycles. The zero-order valence-electron chi connectivity index (χ0n) is 8.76. The topological polar surface area (TPSA) is 17.8 Å². The van der Waals surface area contributed by atoms with E-state index in [2.05, 4.69) is 5.10 Å². The smallest absolute Gasteiger partial charge is 0.0849 e. The van der Waals surface area contributed by atoms with Gasteiger partial charge in [0.05, 0.1) is 16.4 Å². The van der Waals surface area contributed by atoms with Crippen LogP contribution >= 0.6 is 11.6 Å². The van der Waals surface area contributed by atoms with Gasteiger partial charge >= 0.3 is 0 Å². The first-order valence-electron chi connectivity index (χ1n) is 4.89. The lowest BCUT2D eigenvalue weighted by atomic mass is 10.3. The van der Waals surface area contributed by atoms with Gasteiger partial charge in [-0.15, -0.1) is 0 Å². The summed E-state index contributed by atoms with van der Waals surface area (Å²) in [7, 11) is 1.96. The van der Waals surface area contributed by atoms with Crippen LogP contribution in [0.5, 0.6) is 0 Å². The van der Waals surface area contributed by atoms with Crippen LogP contribution in [0.1, 0.15) is 44.0 Å². The van der Waals surface area contributed by atoms with Crippen molar-refractivity contribution in [3.8, 4) is 0 Å². The molecule has 1 saturated carbocycles. The Labute approximate surface area is 84.9 Å². The zero-order chi connectivity index (χ0) is 10.0. The summed E-state index contributed by atoms with van der Waals surface area (Å²) in [6, 6.07) is 0. The van der Waals surface area contributed by atoms with Crippen LogP contribution in [0, 0.1) is 6.92 Å². The Bertz CT molecular complexity index is 287. The van der Waals surface area contributed by atoms with Crippen molar-refractivity contribution in [2.45, 2.75) is 39.5 Å². The molecule has 0 aliphatic heterocycles. The lowest BCUT2D eigenvalue weighted by Crippen LogP contribution is -1.95. The summed E-state index contributed by atoms with van der Waals surface area (Å²) in [4.78, 5) is 0. The number of aryl methyl sites for hydroxylation is 2. The Morgan fingerprint density at radius 2 is 1.92 bits per heavy atom. The van der Waals surface area contributed by atoms with Crippen LogP contribution in [0.4, 0.5) is 0 Å². The third-order valence-electron chi connectivity index (χ3n) is 2.16. The van der Waals surface area contributed by atoms with Gasteiger partial charge in [-0.1, -0.05) is 25.4 Å². The maximum absolute atomic E-state index is 6.07. The molecule has 1 heterocycles. The molecule has 0 spiro atoms. The van der Waals surface area contributed by atoms with E-state index in [-0.39, 0.29) is 0 Å². The van der Waals surface area contributed by atoms with Crippen molar-refractivity contribution in [1.82, 2.24) is 9.78 Å². The monoisotopic (exact) mass is 200 g/mol. The number of nitrogens with zero attached hydrogens (tertiary/aromatic N) is 2. The lowest BCUT2D eigenvalue weighted by molar-refractivity contribution is 0.707. The highest BCUT2D eigenvalue weighted by atomic mass is 35.5. The van der Waals surface area contributed by atoms with Crippen LogP contribution in [0.2, 0.25) is 5.02 Å². The van der Waals surface area contributed by atoms with Gasteiger partial charge in [0.2, 0.25) is 0 Å². The van der Waals surface area contributed by atoms with Gasteiger partial charge in [-0.2, -0.15) is 5.10 Å². The summed E-state index contributed by atoms with van der Waals surface area (Å²) in [6.45, 7) is 5.95. The van der Waals surface area contributed by atoms with Crippen molar-refractivity contribution in [2.24, 2.45) is 7.05 Å². The molecule has 2 nitrogen and oxygen atoms in total. The standard InChI is InChI=1S/C8H11ClN2.C2H6/c1-5-7(9)8(6-3-4-6)11(2)10-5;1-2/h6H,3-4H2,1-2H3;1-2H3. The lowest BCUT2D eigenvalue weighted by Gasteiger charge is -1.97. The third kappa shape index (κ3) is 2.05. The molecule has 0 atom stereocenters. The van der Waals surface area contributed by atoms with Gasteiger partial charge in [0.25, 0.3) is 0 Å². The zero-order valence-corrected chi connectivity index (χ0v) is 9.52. The fraction of sp³-hybridized carbons (Fsp3) is 0.700. The van der Waals surface area contributed by atoms with Crippen molar-refractivity contribution >= 4 is 11.6 Å². The van der Waals surface area contributed by atoms with Crippen molar-refractivity contribution in [2.75, 3.05) is 0 Å². The first-order chi connectivity index (χ1) is 6.20. The Kier molecular flexibility index (Phi) is 3.37. The van der Waals surface area contributed by atoms with E-state index in [1.54, 1.807) is 0 Å². The number of aromatic nitrogens is 2. The molecule has 0 bridgehead atoms. The second kappa shape index (κ2) is 4.14. The predicted octanol–water partition coefficient (Wildman–Crippen LogP) is 3.29. The molecule has 1 aromatic rings. The van der Waals surface area contributed by atoms with Crippen LogP contribution in [-0.2, 0) is 7.05 Å². The molecule has 3 heteroatoms. The molecule has 1 aromatic heterocycles. The number of rotatable bonds is 1. The summed E-state index contributed by atoms with van der Waals surface area (Å²) in [6.07, 6.45) is 2.55. The maximum atomic E-state index is 6.07. The molecule has 0 N–H and O–H groups in total. The van der Waals surface area contributed by atoms with E-state index in [4.69, 9.17) is 11.6 Å². The normalized spacial score (nSPS) is 15.2. The largest absolute Gasteiger partial charge is 0.271 e. The van der Waals surface area contributed by atoms with Gasteiger partial charge in [0, 0.05) is 13.0 Å². The van der Waals surface area contributed by atoms with Crippen molar-refractivity contribution < 1.29 is 0 Å². The second-order valence-corrected chi connectivity index (χ2v) is 3.56. The van der Waals surface area contributed by atoms with Gasteiger partial charge < -0.3 is 0 Å². The number of hydrogen-bond acceptors (Lipinski definition) is 1. The van der Waals surface area contributed by atoms with Crippen LogP contribution in [-0.4, -0.2) is 9.78 Å². The van der Waals surface area contributed by atoms with Crippen LogP contribution in [0.3, 0.4) is 0 Å². The molecular weight excluding hydrogens is 184 g/mol. The highest BCUT2D eigenvalue weighted by Crippen LogP contribution is 2.43. The molecule has 0 radical (unpaired) electrons. The van der Waals surface area contributed by atoms with Gasteiger partial charge in [-0.3, -0.25) is 4.68 Å². The summed E-state index contributed by atoms with van der Waals surface area (Å²) in [5.41, 5.74) is 2.18. The number of halogens is 1. The molecule has 1 aliphatic rings. The van der Waals surface area contributed by atoms with Crippen LogP contribution < -0.4 is 0 Å². The second-order valence-electron chi connectivity index (χ2n) is 3.18. The Balaban J connectivity index is 0.000000396. The van der Waals surface area contributed by atoms with Gasteiger partial charge in [-0.25, -0.2) is 0 Å². The predicted molar refractivity (Wildman–Crippen MR) is 56.3 cm³/mol. The van der Waals surface area contributed by atoms with Crippen molar-refractivity contribution in [3.05, 3.63) is 16.4 Å². The molecule has 1 aliphatic carbocycles. The minimum Gasteiger partial charge on any atom is -0.271 e. The molecule has 2 rings (SSSR count). The van der Waals surface area contributed by atoms with Crippen molar-refractivity contribution in [1.29, 1.82) is 0 Å². The first-order valence-corrected chi connectivity index (χ1v) is 5.27. The van der Waals surface area contributed by atoms with Gasteiger partial charge in [0.15, 0.2) is 0 Å². The third-order valence-corrected chi connectivity index (χ3v) is 2.62. The molecule has 74 valence electrons. The minimum absolute atomic E-state index is 0.689. The summed E-state index contributed by atoms with van der Waals surface area (Å²) < 4.78 is 1.91.